The number of fused-ring (bicyclic) bond motifs is 1. The lowest BCUT2D eigenvalue weighted by Gasteiger charge is -2.02. The molecule has 22 heavy (non-hydrogen) atoms. The van der Waals surface area contributed by atoms with Gasteiger partial charge in [0.15, 0.2) is 0 Å². The lowest BCUT2D eigenvalue weighted by atomic mass is 10.1. The summed E-state index contributed by atoms with van der Waals surface area (Å²) in [5.74, 6) is 0.520. The van der Waals surface area contributed by atoms with E-state index in [4.69, 9.17) is 0 Å². The van der Waals surface area contributed by atoms with E-state index >= 15 is 0 Å². The number of pyridine rings is 2. The summed E-state index contributed by atoms with van der Waals surface area (Å²) in [5, 5.41) is 5.12. The van der Waals surface area contributed by atoms with Crippen LogP contribution in [0.4, 0.5) is 5.00 Å². The maximum absolute atomic E-state index is 12.4. The Morgan fingerprint density at radius 3 is 2.86 bits per heavy atom. The number of nitrogens with one attached hydrogen (secondary N) is 1. The highest BCUT2D eigenvalue weighted by molar-refractivity contribution is 7.22. The van der Waals surface area contributed by atoms with E-state index < -0.39 is 0 Å². The molecule has 2 unspecified atom stereocenters. The first-order chi connectivity index (χ1) is 10.7. The van der Waals surface area contributed by atoms with Gasteiger partial charge in [-0.3, -0.25) is 14.8 Å². The fourth-order valence-electron chi connectivity index (χ4n) is 2.84. The van der Waals surface area contributed by atoms with Gasteiger partial charge in [0.25, 0.3) is 0 Å². The molecule has 4 rings (SSSR count). The highest BCUT2D eigenvalue weighted by Crippen LogP contribution is 2.48. The van der Waals surface area contributed by atoms with Gasteiger partial charge in [-0.15, -0.1) is 11.3 Å². The van der Waals surface area contributed by atoms with Crippen molar-refractivity contribution in [2.45, 2.75) is 19.3 Å². The fourth-order valence-corrected chi connectivity index (χ4v) is 3.84. The van der Waals surface area contributed by atoms with Crippen LogP contribution in [0.5, 0.6) is 0 Å². The summed E-state index contributed by atoms with van der Waals surface area (Å²) < 4.78 is 1.11. The van der Waals surface area contributed by atoms with Crippen LogP contribution < -0.4 is 5.32 Å². The van der Waals surface area contributed by atoms with E-state index in [1.807, 2.05) is 37.5 Å². The van der Waals surface area contributed by atoms with Gasteiger partial charge in [0.2, 0.25) is 5.91 Å². The van der Waals surface area contributed by atoms with Gasteiger partial charge in [-0.1, -0.05) is 0 Å². The van der Waals surface area contributed by atoms with Gasteiger partial charge >= 0.3 is 0 Å². The molecular weight excluding hydrogens is 294 g/mol. The number of amides is 1. The Hall–Kier alpha value is -2.27. The summed E-state index contributed by atoms with van der Waals surface area (Å²) >= 11 is 1.58. The van der Waals surface area contributed by atoms with E-state index in [1.54, 1.807) is 23.7 Å². The monoisotopic (exact) mass is 309 g/mol. The van der Waals surface area contributed by atoms with Crippen molar-refractivity contribution in [3.63, 3.8) is 0 Å². The predicted octanol–water partition coefficient (Wildman–Crippen LogP) is 3.74. The molecule has 1 amide bonds. The van der Waals surface area contributed by atoms with E-state index in [0.717, 1.165) is 27.1 Å². The molecule has 3 aromatic heterocycles. The molecule has 0 radical (unpaired) electrons. The maximum atomic E-state index is 12.4. The first-order valence-corrected chi connectivity index (χ1v) is 8.09. The molecule has 3 aromatic rings. The van der Waals surface area contributed by atoms with Crippen molar-refractivity contribution < 1.29 is 4.79 Å². The first-order valence-electron chi connectivity index (χ1n) is 7.27. The Balaban J connectivity index is 1.49. The van der Waals surface area contributed by atoms with Crippen molar-refractivity contribution in [1.82, 2.24) is 9.97 Å². The minimum atomic E-state index is 0.0758. The van der Waals surface area contributed by atoms with Crippen LogP contribution in [-0.4, -0.2) is 15.9 Å². The van der Waals surface area contributed by atoms with Crippen molar-refractivity contribution in [1.29, 1.82) is 0 Å². The molecule has 4 nitrogen and oxygen atoms in total. The van der Waals surface area contributed by atoms with Crippen LogP contribution in [0.15, 0.2) is 43.0 Å². The number of carbonyl (C=O) groups excluding carboxylic acids is 1. The van der Waals surface area contributed by atoms with Gasteiger partial charge in [-0.2, -0.15) is 0 Å². The van der Waals surface area contributed by atoms with Crippen LogP contribution in [-0.2, 0) is 4.79 Å². The normalized spacial score (nSPS) is 20.0. The zero-order chi connectivity index (χ0) is 15.1. The third kappa shape index (κ3) is 2.37. The number of thiophene rings is 1. The van der Waals surface area contributed by atoms with Crippen molar-refractivity contribution in [2.24, 2.45) is 5.92 Å². The minimum Gasteiger partial charge on any atom is -0.317 e. The van der Waals surface area contributed by atoms with Gasteiger partial charge < -0.3 is 5.32 Å². The van der Waals surface area contributed by atoms with E-state index in [1.165, 1.54) is 5.56 Å². The molecule has 0 spiro atoms. The number of hydrogen-bond donors (Lipinski definition) is 1. The van der Waals surface area contributed by atoms with E-state index in [2.05, 4.69) is 15.3 Å². The predicted molar refractivity (Wildman–Crippen MR) is 88.1 cm³/mol. The van der Waals surface area contributed by atoms with Gasteiger partial charge in [0.05, 0.1) is 9.70 Å². The van der Waals surface area contributed by atoms with Crippen LogP contribution in [0.3, 0.4) is 0 Å². The molecule has 3 heterocycles. The summed E-state index contributed by atoms with van der Waals surface area (Å²) in [6, 6.07) is 6.03. The average Bonchev–Trinajstić information content (AvgIpc) is 3.23. The Kier molecular flexibility index (Phi) is 3.15. The molecule has 0 saturated heterocycles. The molecule has 110 valence electrons. The topological polar surface area (TPSA) is 54.9 Å². The number of carbonyl (C=O) groups is 1. The second-order valence-corrected chi connectivity index (χ2v) is 6.78. The van der Waals surface area contributed by atoms with Crippen LogP contribution in [0.1, 0.15) is 23.5 Å². The van der Waals surface area contributed by atoms with Crippen molar-refractivity contribution in [3.05, 3.63) is 54.1 Å². The summed E-state index contributed by atoms with van der Waals surface area (Å²) in [4.78, 5) is 20.6. The molecule has 1 fully saturated rings. The smallest absolute Gasteiger partial charge is 0.228 e. The highest BCUT2D eigenvalue weighted by atomic mass is 32.1. The summed E-state index contributed by atoms with van der Waals surface area (Å²) in [7, 11) is 0. The lowest BCUT2D eigenvalue weighted by Crippen LogP contribution is -2.13. The average molecular weight is 309 g/mol. The largest absolute Gasteiger partial charge is 0.317 e. The van der Waals surface area contributed by atoms with Crippen molar-refractivity contribution in [3.8, 4) is 0 Å². The Bertz CT molecular complexity index is 843. The molecule has 5 heteroatoms. The number of rotatable bonds is 3. The molecule has 0 aromatic carbocycles. The number of aryl methyl sites for hydroxylation is 1. The van der Waals surface area contributed by atoms with Crippen molar-refractivity contribution in [2.75, 3.05) is 5.32 Å². The number of nitrogens with zero attached hydrogens (tertiary/aromatic N) is 2. The molecule has 1 aliphatic carbocycles. The molecule has 0 aliphatic heterocycles. The Morgan fingerprint density at radius 2 is 2.09 bits per heavy atom. The van der Waals surface area contributed by atoms with Crippen LogP contribution in [0.25, 0.3) is 10.1 Å². The zero-order valence-corrected chi connectivity index (χ0v) is 12.9. The van der Waals surface area contributed by atoms with E-state index in [9.17, 15) is 4.79 Å². The molecule has 1 saturated carbocycles. The molecular formula is C17H15N3OS. The van der Waals surface area contributed by atoms with E-state index in [-0.39, 0.29) is 11.8 Å². The zero-order valence-electron chi connectivity index (χ0n) is 12.1. The number of hydrogen-bond acceptors (Lipinski definition) is 4. The van der Waals surface area contributed by atoms with Crippen LogP contribution in [0, 0.1) is 12.8 Å². The standard InChI is InChI=1S/C17H15N3OS/c1-10-8-19-9-15-12(10)7-16(22-15)20-17(21)14-6-13(14)11-2-4-18-5-3-11/h2-5,7-9,13-14H,6H2,1H3,(H,20,21). The summed E-state index contributed by atoms with van der Waals surface area (Å²) in [5.41, 5.74) is 2.34. The van der Waals surface area contributed by atoms with Gasteiger partial charge in [0, 0.05) is 36.1 Å². The van der Waals surface area contributed by atoms with Gasteiger partial charge in [-0.05, 0) is 48.6 Å². The maximum Gasteiger partial charge on any atom is 0.228 e. The molecule has 2 atom stereocenters. The third-order valence-electron chi connectivity index (χ3n) is 4.15. The molecule has 0 bridgehead atoms. The lowest BCUT2D eigenvalue weighted by molar-refractivity contribution is -0.117. The summed E-state index contributed by atoms with van der Waals surface area (Å²) in [6.45, 7) is 2.04. The number of anilines is 1. The van der Waals surface area contributed by atoms with E-state index in [0.29, 0.717) is 5.92 Å². The fraction of sp³-hybridized carbons (Fsp3) is 0.235. The number of aromatic nitrogens is 2. The van der Waals surface area contributed by atoms with Gasteiger partial charge in [0.1, 0.15) is 0 Å². The Labute approximate surface area is 132 Å². The molecule has 1 N–H and O–H groups in total. The van der Waals surface area contributed by atoms with Crippen LogP contribution >= 0.6 is 11.3 Å². The second kappa shape index (κ2) is 5.18. The van der Waals surface area contributed by atoms with Crippen LogP contribution in [0.2, 0.25) is 0 Å². The quantitative estimate of drug-likeness (QED) is 0.802. The minimum absolute atomic E-state index is 0.0758. The SMILES string of the molecule is Cc1cncc2sc(NC(=O)C3CC3c3ccncc3)cc12. The third-order valence-corrected chi connectivity index (χ3v) is 5.14. The second-order valence-electron chi connectivity index (χ2n) is 5.70. The first kappa shape index (κ1) is 13.4. The molecule has 1 aliphatic rings. The Morgan fingerprint density at radius 1 is 1.27 bits per heavy atom. The van der Waals surface area contributed by atoms with Gasteiger partial charge in [-0.25, -0.2) is 0 Å². The van der Waals surface area contributed by atoms with Crippen molar-refractivity contribution >= 4 is 32.3 Å². The summed E-state index contributed by atoms with van der Waals surface area (Å²) in [6.07, 6.45) is 8.18. The highest BCUT2D eigenvalue weighted by Gasteiger charge is 2.43.